The van der Waals surface area contributed by atoms with Crippen LogP contribution in [0.3, 0.4) is 0 Å². The number of carbonyl (C=O) groups excluding carboxylic acids is 1. The van der Waals surface area contributed by atoms with Crippen LogP contribution < -0.4 is 5.32 Å². The molecule has 0 atom stereocenters. The minimum Gasteiger partial charge on any atom is -0.466 e. The summed E-state index contributed by atoms with van der Waals surface area (Å²) in [4.78, 5) is 11.4. The molecule has 0 heterocycles. The Morgan fingerprint density at radius 3 is 2.60 bits per heavy atom. The van der Waals surface area contributed by atoms with Crippen LogP contribution in [0.1, 0.15) is 32.6 Å². The van der Waals surface area contributed by atoms with E-state index >= 15 is 0 Å². The Kier molecular flexibility index (Phi) is 4.51. The molecule has 0 aromatic heterocycles. The van der Waals surface area contributed by atoms with Gasteiger partial charge in [-0.1, -0.05) is 0 Å². The number of ether oxygens (including phenoxy) is 1. The lowest BCUT2D eigenvalue weighted by molar-refractivity contribution is -0.150. The first-order valence-electron chi connectivity index (χ1n) is 5.61. The van der Waals surface area contributed by atoms with Crippen molar-refractivity contribution >= 4 is 5.97 Å². The van der Waals surface area contributed by atoms with Gasteiger partial charge < -0.3 is 10.1 Å². The molecule has 1 N–H and O–H groups in total. The number of carbonyl (C=O) groups is 1. The minimum atomic E-state index is -1.13. The average Bonchev–Trinajstić information content (AvgIpc) is 2.19. The van der Waals surface area contributed by atoms with Gasteiger partial charge in [0.05, 0.1) is 12.5 Å². The first-order chi connectivity index (χ1) is 7.11. The maximum atomic E-state index is 14.0. The second-order valence-electron chi connectivity index (χ2n) is 4.21. The Hall–Kier alpha value is -0.640. The van der Waals surface area contributed by atoms with Gasteiger partial charge >= 0.3 is 5.97 Å². The van der Waals surface area contributed by atoms with Crippen molar-refractivity contribution in [3.8, 4) is 0 Å². The topological polar surface area (TPSA) is 38.3 Å². The van der Waals surface area contributed by atoms with Crippen LogP contribution in [0, 0.1) is 5.92 Å². The lowest BCUT2D eigenvalue weighted by atomic mass is 9.80. The van der Waals surface area contributed by atoms with Gasteiger partial charge in [0.25, 0.3) is 0 Å². The van der Waals surface area contributed by atoms with Gasteiger partial charge in [0, 0.05) is 6.54 Å². The van der Waals surface area contributed by atoms with Crippen molar-refractivity contribution in [1.29, 1.82) is 0 Å². The van der Waals surface area contributed by atoms with Crippen LogP contribution >= 0.6 is 0 Å². The third-order valence-electron chi connectivity index (χ3n) is 3.00. The molecule has 1 aliphatic rings. The fraction of sp³-hybridized carbons (Fsp3) is 0.909. The highest BCUT2D eigenvalue weighted by Gasteiger charge is 2.37. The molecule has 0 aliphatic heterocycles. The summed E-state index contributed by atoms with van der Waals surface area (Å²) in [7, 11) is 1.75. The predicted octanol–water partition coefficient (Wildman–Crippen LogP) is 1.67. The molecule has 0 bridgehead atoms. The largest absolute Gasteiger partial charge is 0.466 e. The molecule has 0 amide bonds. The maximum Gasteiger partial charge on any atom is 0.308 e. The molecule has 0 unspecified atom stereocenters. The monoisotopic (exact) mass is 217 g/mol. The molecule has 1 rings (SSSR count). The van der Waals surface area contributed by atoms with Crippen LogP contribution in [0.25, 0.3) is 0 Å². The zero-order valence-corrected chi connectivity index (χ0v) is 9.51. The van der Waals surface area contributed by atoms with Crippen molar-refractivity contribution in [2.45, 2.75) is 38.3 Å². The molecule has 0 aromatic carbocycles. The molecular weight excluding hydrogens is 197 g/mol. The number of halogens is 1. The summed E-state index contributed by atoms with van der Waals surface area (Å²) in [6, 6.07) is 0. The Balaban J connectivity index is 2.38. The van der Waals surface area contributed by atoms with Crippen molar-refractivity contribution in [2.24, 2.45) is 5.92 Å². The van der Waals surface area contributed by atoms with Gasteiger partial charge in [0.1, 0.15) is 5.67 Å². The number of esters is 1. The molecule has 1 fully saturated rings. The fourth-order valence-corrected chi connectivity index (χ4v) is 2.12. The van der Waals surface area contributed by atoms with Gasteiger partial charge in [-0.05, 0) is 39.7 Å². The van der Waals surface area contributed by atoms with Crippen LogP contribution in [0.2, 0.25) is 0 Å². The molecule has 0 aromatic rings. The summed E-state index contributed by atoms with van der Waals surface area (Å²) < 4.78 is 18.9. The van der Waals surface area contributed by atoms with E-state index in [9.17, 15) is 9.18 Å². The van der Waals surface area contributed by atoms with E-state index in [1.807, 2.05) is 0 Å². The van der Waals surface area contributed by atoms with E-state index < -0.39 is 5.67 Å². The maximum absolute atomic E-state index is 14.0. The van der Waals surface area contributed by atoms with Crippen molar-refractivity contribution in [2.75, 3.05) is 20.2 Å². The van der Waals surface area contributed by atoms with Gasteiger partial charge in [0.2, 0.25) is 0 Å². The van der Waals surface area contributed by atoms with Crippen LogP contribution in [-0.4, -0.2) is 31.8 Å². The summed E-state index contributed by atoms with van der Waals surface area (Å²) in [5.41, 5.74) is -1.13. The third-order valence-corrected chi connectivity index (χ3v) is 3.00. The second-order valence-corrected chi connectivity index (χ2v) is 4.21. The Bertz CT molecular complexity index is 213. The van der Waals surface area contributed by atoms with E-state index in [0.29, 0.717) is 38.8 Å². The van der Waals surface area contributed by atoms with Crippen molar-refractivity contribution in [3.05, 3.63) is 0 Å². The van der Waals surface area contributed by atoms with Crippen molar-refractivity contribution in [3.63, 3.8) is 0 Å². The van der Waals surface area contributed by atoms with Crippen molar-refractivity contribution < 1.29 is 13.9 Å². The summed E-state index contributed by atoms with van der Waals surface area (Å²) >= 11 is 0. The lowest BCUT2D eigenvalue weighted by Gasteiger charge is -2.32. The van der Waals surface area contributed by atoms with Crippen molar-refractivity contribution in [1.82, 2.24) is 5.32 Å². The average molecular weight is 217 g/mol. The fourth-order valence-electron chi connectivity index (χ4n) is 2.12. The second kappa shape index (κ2) is 5.45. The minimum absolute atomic E-state index is 0.0920. The summed E-state index contributed by atoms with van der Waals surface area (Å²) in [5.74, 6) is -0.255. The molecule has 1 aliphatic carbocycles. The zero-order chi connectivity index (χ0) is 11.3. The Morgan fingerprint density at radius 2 is 2.13 bits per heavy atom. The summed E-state index contributed by atoms with van der Waals surface area (Å²) in [6.45, 7) is 2.58. The normalized spacial score (nSPS) is 31.3. The Morgan fingerprint density at radius 1 is 1.53 bits per heavy atom. The standard InChI is InChI=1S/C11H20FNO2/c1-3-15-10(14)9-4-6-11(12,7-5-9)8-13-2/h9,13H,3-8H2,1-2H3. The molecular formula is C11H20FNO2. The molecule has 1 saturated carbocycles. The third kappa shape index (κ3) is 3.45. The van der Waals surface area contributed by atoms with Crippen LogP contribution in [0.5, 0.6) is 0 Å². The lowest BCUT2D eigenvalue weighted by Crippen LogP contribution is -2.40. The zero-order valence-electron chi connectivity index (χ0n) is 9.51. The van der Waals surface area contributed by atoms with E-state index in [0.717, 1.165) is 0 Å². The number of rotatable bonds is 4. The van der Waals surface area contributed by atoms with Crippen LogP contribution in [-0.2, 0) is 9.53 Å². The molecule has 4 heteroatoms. The molecule has 88 valence electrons. The summed E-state index contributed by atoms with van der Waals surface area (Å²) in [5, 5.41) is 2.86. The molecule has 0 spiro atoms. The first kappa shape index (κ1) is 12.4. The Labute approximate surface area is 90.4 Å². The van der Waals surface area contributed by atoms with E-state index in [1.54, 1.807) is 14.0 Å². The van der Waals surface area contributed by atoms with Gasteiger partial charge in [-0.25, -0.2) is 4.39 Å². The SMILES string of the molecule is CCOC(=O)C1CCC(F)(CNC)CC1. The van der Waals surface area contributed by atoms with Gasteiger partial charge in [0.15, 0.2) is 0 Å². The number of hydrogen-bond donors (Lipinski definition) is 1. The number of nitrogens with one attached hydrogen (secondary N) is 1. The highest BCUT2D eigenvalue weighted by atomic mass is 19.1. The molecule has 0 saturated heterocycles. The predicted molar refractivity (Wildman–Crippen MR) is 56.4 cm³/mol. The molecule has 0 radical (unpaired) electrons. The number of hydrogen-bond acceptors (Lipinski definition) is 3. The highest BCUT2D eigenvalue weighted by molar-refractivity contribution is 5.72. The molecule has 3 nitrogen and oxygen atoms in total. The number of alkyl halides is 1. The smallest absolute Gasteiger partial charge is 0.308 e. The van der Waals surface area contributed by atoms with Crippen LogP contribution in [0.15, 0.2) is 0 Å². The first-order valence-corrected chi connectivity index (χ1v) is 5.61. The van der Waals surface area contributed by atoms with E-state index in [2.05, 4.69) is 5.32 Å². The van der Waals surface area contributed by atoms with Gasteiger partial charge in [-0.15, -0.1) is 0 Å². The summed E-state index contributed by atoms with van der Waals surface area (Å²) in [6.07, 6.45) is 2.13. The van der Waals surface area contributed by atoms with E-state index in [1.165, 1.54) is 0 Å². The molecule has 15 heavy (non-hydrogen) atoms. The highest BCUT2D eigenvalue weighted by Crippen LogP contribution is 2.35. The van der Waals surface area contributed by atoms with E-state index in [-0.39, 0.29) is 11.9 Å². The quantitative estimate of drug-likeness (QED) is 0.728. The van der Waals surface area contributed by atoms with Gasteiger partial charge in [-0.3, -0.25) is 4.79 Å². The van der Waals surface area contributed by atoms with Gasteiger partial charge in [-0.2, -0.15) is 0 Å². The van der Waals surface area contributed by atoms with E-state index in [4.69, 9.17) is 4.74 Å². The van der Waals surface area contributed by atoms with Crippen LogP contribution in [0.4, 0.5) is 4.39 Å².